The maximum absolute atomic E-state index is 8.78. The van der Waals surface area contributed by atoms with Crippen LogP contribution in [0.5, 0.6) is 5.75 Å². The molecule has 0 amide bonds. The van der Waals surface area contributed by atoms with Crippen LogP contribution in [0.4, 0.5) is 0 Å². The number of halogens is 2. The van der Waals surface area contributed by atoms with E-state index in [9.17, 15) is 0 Å². The fraction of sp³-hybridized carbons (Fsp3) is 0.286. The molecule has 0 heterocycles. The zero-order chi connectivity index (χ0) is 13.7. The number of allylic oxidation sites excluding steroid dienone is 2. The summed E-state index contributed by atoms with van der Waals surface area (Å²) in [6.45, 7) is 3.79. The number of rotatable bonds is 4. The van der Waals surface area contributed by atoms with Gasteiger partial charge < -0.3 is 9.84 Å². The summed E-state index contributed by atoms with van der Waals surface area (Å²) in [6, 6.07) is 1.74. The van der Waals surface area contributed by atoms with Crippen LogP contribution in [0, 0.1) is 6.92 Å². The van der Waals surface area contributed by atoms with Crippen LogP contribution >= 0.6 is 23.2 Å². The Morgan fingerprint density at radius 2 is 2.11 bits per heavy atom. The molecule has 0 saturated heterocycles. The molecule has 0 aliphatic carbocycles. The molecule has 4 heteroatoms. The summed E-state index contributed by atoms with van der Waals surface area (Å²) in [4.78, 5) is 0. The average Bonchev–Trinajstić information content (AvgIpc) is 2.34. The highest BCUT2D eigenvalue weighted by Gasteiger charge is 2.11. The van der Waals surface area contributed by atoms with Gasteiger partial charge in [0.25, 0.3) is 0 Å². The van der Waals surface area contributed by atoms with Crippen molar-refractivity contribution in [3.8, 4) is 5.75 Å². The van der Waals surface area contributed by atoms with E-state index in [4.69, 9.17) is 33.0 Å². The smallest absolute Gasteiger partial charge is 0.124 e. The molecule has 2 nitrogen and oxygen atoms in total. The van der Waals surface area contributed by atoms with Gasteiger partial charge in [0.05, 0.1) is 23.8 Å². The fourth-order valence-corrected chi connectivity index (χ4v) is 2.07. The Hall–Kier alpha value is -0.960. The van der Waals surface area contributed by atoms with E-state index in [-0.39, 0.29) is 6.61 Å². The van der Waals surface area contributed by atoms with Crippen molar-refractivity contribution in [3.05, 3.63) is 45.0 Å². The van der Waals surface area contributed by atoms with E-state index in [0.717, 1.165) is 16.7 Å². The Kier molecular flexibility index (Phi) is 5.73. The second kappa shape index (κ2) is 6.83. The molecule has 0 atom stereocenters. The summed E-state index contributed by atoms with van der Waals surface area (Å²) in [5.74, 6) is 0.671. The molecule has 0 fully saturated rings. The summed E-state index contributed by atoms with van der Waals surface area (Å²) in [7, 11) is 1.58. The maximum Gasteiger partial charge on any atom is 0.124 e. The number of hydrogen-bond acceptors (Lipinski definition) is 2. The lowest BCUT2D eigenvalue weighted by molar-refractivity contribution is 0.342. The Balaban J connectivity index is 3.18. The van der Waals surface area contributed by atoms with Crippen molar-refractivity contribution in [2.75, 3.05) is 13.7 Å². The summed E-state index contributed by atoms with van der Waals surface area (Å²) in [6.07, 6.45) is 5.39. The number of methoxy groups -OCH3 is 1. The fourth-order valence-electron chi connectivity index (χ4n) is 1.51. The van der Waals surface area contributed by atoms with E-state index in [1.165, 1.54) is 0 Å². The molecular formula is C14H16Cl2O2. The second-order valence-electron chi connectivity index (χ2n) is 3.88. The molecule has 0 saturated carbocycles. The van der Waals surface area contributed by atoms with Crippen LogP contribution in [0.3, 0.4) is 0 Å². The number of aliphatic hydroxyl groups is 1. The van der Waals surface area contributed by atoms with Crippen molar-refractivity contribution in [3.63, 3.8) is 0 Å². The predicted octanol–water partition coefficient (Wildman–Crippen LogP) is 4.26. The number of benzene rings is 1. The van der Waals surface area contributed by atoms with Crippen LogP contribution in [-0.2, 0) is 0 Å². The van der Waals surface area contributed by atoms with E-state index in [1.807, 2.05) is 26.0 Å². The molecule has 0 spiro atoms. The Morgan fingerprint density at radius 1 is 1.44 bits per heavy atom. The first-order valence-electron chi connectivity index (χ1n) is 5.49. The molecule has 0 aliphatic rings. The summed E-state index contributed by atoms with van der Waals surface area (Å²) < 4.78 is 5.19. The number of hydrogen-bond donors (Lipinski definition) is 1. The van der Waals surface area contributed by atoms with Crippen molar-refractivity contribution >= 4 is 29.3 Å². The maximum atomic E-state index is 8.78. The van der Waals surface area contributed by atoms with E-state index in [0.29, 0.717) is 15.8 Å². The average molecular weight is 287 g/mol. The summed E-state index contributed by atoms with van der Waals surface area (Å²) in [5, 5.41) is 9.89. The van der Waals surface area contributed by atoms with Gasteiger partial charge in [-0.15, -0.1) is 0 Å². The van der Waals surface area contributed by atoms with Crippen molar-refractivity contribution in [1.82, 2.24) is 0 Å². The highest BCUT2D eigenvalue weighted by molar-refractivity contribution is 6.37. The third-order valence-corrected chi connectivity index (χ3v) is 3.40. The van der Waals surface area contributed by atoms with Crippen LogP contribution in [-0.4, -0.2) is 18.8 Å². The minimum atomic E-state index is 0.0132. The molecule has 0 aliphatic heterocycles. The van der Waals surface area contributed by atoms with Gasteiger partial charge in [-0.05, 0) is 19.9 Å². The first-order valence-corrected chi connectivity index (χ1v) is 6.25. The quantitative estimate of drug-likeness (QED) is 0.838. The van der Waals surface area contributed by atoms with E-state index < -0.39 is 0 Å². The topological polar surface area (TPSA) is 29.5 Å². The third-order valence-electron chi connectivity index (χ3n) is 2.60. The molecule has 1 aromatic carbocycles. The molecule has 18 heavy (non-hydrogen) atoms. The highest BCUT2D eigenvalue weighted by Crippen LogP contribution is 2.35. The normalized spacial score (nSPS) is 12.2. The lowest BCUT2D eigenvalue weighted by Gasteiger charge is -2.10. The second-order valence-corrected chi connectivity index (χ2v) is 4.66. The van der Waals surface area contributed by atoms with Crippen LogP contribution < -0.4 is 4.74 Å². The summed E-state index contributed by atoms with van der Waals surface area (Å²) >= 11 is 12.4. The Bertz CT molecular complexity index is 491. The van der Waals surface area contributed by atoms with Gasteiger partial charge in [0.1, 0.15) is 5.75 Å². The van der Waals surface area contributed by atoms with Crippen molar-refractivity contribution in [1.29, 1.82) is 0 Å². The molecule has 1 rings (SSSR count). The van der Waals surface area contributed by atoms with Crippen LogP contribution in [0.2, 0.25) is 10.0 Å². The predicted molar refractivity (Wildman–Crippen MR) is 77.6 cm³/mol. The molecular weight excluding hydrogens is 271 g/mol. The SMILES string of the molecule is COc1cc(Cl)c(/C=C/C(C)=C/CO)c(Cl)c1C. The molecule has 1 N–H and O–H groups in total. The first-order chi connectivity index (χ1) is 8.51. The van der Waals surface area contributed by atoms with E-state index in [2.05, 4.69) is 0 Å². The van der Waals surface area contributed by atoms with Crippen molar-refractivity contribution in [2.24, 2.45) is 0 Å². The zero-order valence-corrected chi connectivity index (χ0v) is 12.1. The van der Waals surface area contributed by atoms with Gasteiger partial charge in [-0.25, -0.2) is 0 Å². The number of aliphatic hydroxyl groups excluding tert-OH is 1. The molecule has 0 aromatic heterocycles. The monoisotopic (exact) mass is 286 g/mol. The minimum Gasteiger partial charge on any atom is -0.496 e. The van der Waals surface area contributed by atoms with Gasteiger partial charge in [0.15, 0.2) is 0 Å². The lowest BCUT2D eigenvalue weighted by atomic mass is 10.1. The Labute approximate surface area is 117 Å². The lowest BCUT2D eigenvalue weighted by Crippen LogP contribution is -1.91. The van der Waals surface area contributed by atoms with Crippen LogP contribution in [0.1, 0.15) is 18.1 Å². The van der Waals surface area contributed by atoms with Gasteiger partial charge in [0.2, 0.25) is 0 Å². The van der Waals surface area contributed by atoms with Crippen LogP contribution in [0.15, 0.2) is 23.8 Å². The van der Waals surface area contributed by atoms with Gasteiger partial charge in [-0.2, -0.15) is 0 Å². The first kappa shape index (κ1) is 15.1. The van der Waals surface area contributed by atoms with Gasteiger partial charge in [-0.1, -0.05) is 47.0 Å². The molecule has 0 radical (unpaired) electrons. The zero-order valence-electron chi connectivity index (χ0n) is 10.6. The van der Waals surface area contributed by atoms with E-state index >= 15 is 0 Å². The highest BCUT2D eigenvalue weighted by atomic mass is 35.5. The van der Waals surface area contributed by atoms with Gasteiger partial charge in [-0.3, -0.25) is 0 Å². The van der Waals surface area contributed by atoms with Crippen molar-refractivity contribution < 1.29 is 9.84 Å². The minimum absolute atomic E-state index is 0.0132. The largest absolute Gasteiger partial charge is 0.496 e. The van der Waals surface area contributed by atoms with Crippen LogP contribution in [0.25, 0.3) is 6.08 Å². The molecule has 0 unspecified atom stereocenters. The van der Waals surface area contributed by atoms with Gasteiger partial charge in [0, 0.05) is 11.1 Å². The Morgan fingerprint density at radius 3 is 2.67 bits per heavy atom. The molecule has 1 aromatic rings. The standard InChI is InChI=1S/C14H16Cl2O2/c1-9(6-7-17)4-5-11-12(15)8-13(18-3)10(2)14(11)16/h4-6,8,17H,7H2,1-3H3/b5-4+,9-6+. The number of ether oxygens (including phenoxy) is 1. The van der Waals surface area contributed by atoms with E-state index in [1.54, 1.807) is 19.3 Å². The van der Waals surface area contributed by atoms with Crippen molar-refractivity contribution in [2.45, 2.75) is 13.8 Å². The molecule has 0 bridgehead atoms. The summed E-state index contributed by atoms with van der Waals surface area (Å²) in [5.41, 5.74) is 2.55. The van der Waals surface area contributed by atoms with Gasteiger partial charge >= 0.3 is 0 Å². The molecule has 98 valence electrons. The third kappa shape index (κ3) is 3.52.